The van der Waals surface area contributed by atoms with Crippen LogP contribution in [-0.4, -0.2) is 37.6 Å². The highest BCUT2D eigenvalue weighted by molar-refractivity contribution is 6.07. The second-order valence-corrected chi connectivity index (χ2v) is 6.27. The van der Waals surface area contributed by atoms with Gasteiger partial charge in [0.25, 0.3) is 0 Å². The van der Waals surface area contributed by atoms with E-state index in [4.69, 9.17) is 15.2 Å². The number of nitrogens with zero attached hydrogens (tertiary/aromatic N) is 5. The third-order valence-corrected chi connectivity index (χ3v) is 4.44. The first-order valence-electron chi connectivity index (χ1n) is 9.37. The minimum atomic E-state index is 0.326. The Morgan fingerprint density at radius 3 is 2.64 bits per heavy atom. The zero-order chi connectivity index (χ0) is 19.5. The van der Waals surface area contributed by atoms with Crippen molar-refractivity contribution in [3.05, 3.63) is 36.8 Å². The maximum atomic E-state index is 6.18. The highest BCUT2D eigenvalue weighted by Crippen LogP contribution is 2.39. The lowest BCUT2D eigenvalue weighted by Gasteiger charge is -2.08. The van der Waals surface area contributed by atoms with E-state index in [0.29, 0.717) is 36.5 Å². The molecule has 144 valence electrons. The fraction of sp³-hybridized carbons (Fsp3) is 0.300. The first-order valence-corrected chi connectivity index (χ1v) is 9.37. The topological polar surface area (TPSA) is 100 Å². The van der Waals surface area contributed by atoms with Crippen molar-refractivity contribution >= 4 is 22.5 Å². The summed E-state index contributed by atoms with van der Waals surface area (Å²) in [7, 11) is 0. The van der Waals surface area contributed by atoms with Crippen molar-refractivity contribution in [2.75, 3.05) is 18.9 Å². The van der Waals surface area contributed by atoms with Crippen molar-refractivity contribution in [2.24, 2.45) is 0 Å². The molecule has 0 saturated heterocycles. The van der Waals surface area contributed by atoms with Crippen LogP contribution in [0.25, 0.3) is 27.8 Å². The Morgan fingerprint density at radius 1 is 1.00 bits per heavy atom. The van der Waals surface area contributed by atoms with Crippen LogP contribution in [0.4, 0.5) is 5.95 Å². The summed E-state index contributed by atoms with van der Waals surface area (Å²) in [5.41, 5.74) is 9.29. The zero-order valence-corrected chi connectivity index (χ0v) is 15.9. The summed E-state index contributed by atoms with van der Waals surface area (Å²) in [5.74, 6) is 1.10. The second kappa shape index (κ2) is 7.67. The number of hydrogen-bond donors (Lipinski definition) is 1. The van der Waals surface area contributed by atoms with Crippen LogP contribution in [0, 0.1) is 0 Å². The van der Waals surface area contributed by atoms with Gasteiger partial charge in [-0.3, -0.25) is 4.40 Å². The molecular weight excluding hydrogens is 356 g/mol. The summed E-state index contributed by atoms with van der Waals surface area (Å²) >= 11 is 0. The van der Waals surface area contributed by atoms with Gasteiger partial charge in [0, 0.05) is 24.2 Å². The maximum Gasteiger partial charge on any atom is 0.316 e. The number of hydrogen-bond acceptors (Lipinski definition) is 7. The molecule has 8 heteroatoms. The lowest BCUT2D eigenvalue weighted by Crippen LogP contribution is -2.00. The van der Waals surface area contributed by atoms with Gasteiger partial charge in [0.2, 0.25) is 5.95 Å². The molecule has 0 unspecified atom stereocenters. The molecule has 4 rings (SSSR count). The SMILES string of the molecule is CCCCOc1ccnc2c1c(-c1ccnc(OCC)n1)c1ccnc(N)n12. The highest BCUT2D eigenvalue weighted by atomic mass is 16.5. The fourth-order valence-electron chi connectivity index (χ4n) is 3.21. The Labute approximate surface area is 162 Å². The van der Waals surface area contributed by atoms with Gasteiger partial charge < -0.3 is 15.2 Å². The fourth-order valence-corrected chi connectivity index (χ4v) is 3.21. The number of rotatable bonds is 7. The van der Waals surface area contributed by atoms with Crippen LogP contribution in [0.5, 0.6) is 11.8 Å². The van der Waals surface area contributed by atoms with Crippen LogP contribution in [0.15, 0.2) is 36.8 Å². The van der Waals surface area contributed by atoms with Crippen LogP contribution >= 0.6 is 0 Å². The number of anilines is 1. The van der Waals surface area contributed by atoms with Crippen LogP contribution < -0.4 is 15.2 Å². The van der Waals surface area contributed by atoms with E-state index in [-0.39, 0.29) is 0 Å². The number of nitrogen functional groups attached to an aromatic ring is 1. The first kappa shape index (κ1) is 18.0. The van der Waals surface area contributed by atoms with Gasteiger partial charge in [0.15, 0.2) is 5.65 Å². The van der Waals surface area contributed by atoms with Gasteiger partial charge >= 0.3 is 6.01 Å². The molecule has 4 aromatic rings. The van der Waals surface area contributed by atoms with Crippen LogP contribution in [0.1, 0.15) is 26.7 Å². The smallest absolute Gasteiger partial charge is 0.316 e. The van der Waals surface area contributed by atoms with E-state index in [0.717, 1.165) is 35.1 Å². The molecule has 0 bridgehead atoms. The zero-order valence-electron chi connectivity index (χ0n) is 15.9. The average Bonchev–Trinajstić information content (AvgIpc) is 3.05. The molecule has 0 spiro atoms. The maximum absolute atomic E-state index is 6.18. The molecule has 0 aliphatic heterocycles. The van der Waals surface area contributed by atoms with Crippen molar-refractivity contribution in [3.8, 4) is 23.0 Å². The quantitative estimate of drug-likeness (QED) is 0.491. The molecule has 0 fully saturated rings. The molecular formula is C20H22N6O2. The monoisotopic (exact) mass is 378 g/mol. The number of nitrogens with two attached hydrogens (primary N) is 1. The predicted octanol–water partition coefficient (Wildman–Crippen LogP) is 3.50. The third-order valence-electron chi connectivity index (χ3n) is 4.44. The van der Waals surface area contributed by atoms with Gasteiger partial charge in [-0.2, -0.15) is 4.98 Å². The molecule has 0 saturated carbocycles. The average molecular weight is 378 g/mol. The minimum Gasteiger partial charge on any atom is -0.493 e. The van der Waals surface area contributed by atoms with Crippen molar-refractivity contribution < 1.29 is 9.47 Å². The Balaban J connectivity index is 2.02. The number of unbranched alkanes of at least 4 members (excludes halogenated alkanes) is 1. The Morgan fingerprint density at radius 2 is 1.82 bits per heavy atom. The second-order valence-electron chi connectivity index (χ2n) is 6.27. The van der Waals surface area contributed by atoms with Gasteiger partial charge in [-0.1, -0.05) is 13.3 Å². The molecule has 28 heavy (non-hydrogen) atoms. The molecule has 0 aliphatic carbocycles. The summed E-state index contributed by atoms with van der Waals surface area (Å²) in [6.07, 6.45) is 7.10. The van der Waals surface area contributed by atoms with Crippen molar-refractivity contribution in [1.82, 2.24) is 24.3 Å². The van der Waals surface area contributed by atoms with Gasteiger partial charge in [0.1, 0.15) is 5.75 Å². The predicted molar refractivity (Wildman–Crippen MR) is 108 cm³/mol. The Bertz CT molecular complexity index is 1120. The molecule has 0 atom stereocenters. The molecule has 4 heterocycles. The minimum absolute atomic E-state index is 0.326. The first-order chi connectivity index (χ1) is 13.7. The van der Waals surface area contributed by atoms with E-state index in [1.165, 1.54) is 0 Å². The Kier molecular flexibility index (Phi) is 4.92. The largest absolute Gasteiger partial charge is 0.493 e. The van der Waals surface area contributed by atoms with E-state index in [9.17, 15) is 0 Å². The van der Waals surface area contributed by atoms with Crippen molar-refractivity contribution in [1.29, 1.82) is 0 Å². The van der Waals surface area contributed by atoms with E-state index < -0.39 is 0 Å². The summed E-state index contributed by atoms with van der Waals surface area (Å²) in [5, 5.41) is 0.847. The van der Waals surface area contributed by atoms with Crippen molar-refractivity contribution in [2.45, 2.75) is 26.7 Å². The van der Waals surface area contributed by atoms with Crippen LogP contribution in [0.2, 0.25) is 0 Å². The molecule has 4 aromatic heterocycles. The van der Waals surface area contributed by atoms with Gasteiger partial charge in [-0.25, -0.2) is 15.0 Å². The molecule has 8 nitrogen and oxygen atoms in total. The van der Waals surface area contributed by atoms with Crippen LogP contribution in [-0.2, 0) is 0 Å². The summed E-state index contributed by atoms with van der Waals surface area (Å²) in [6.45, 7) is 5.15. The lowest BCUT2D eigenvalue weighted by molar-refractivity contribution is 0.312. The standard InChI is InChI=1S/C20H22N6O2/c1-3-5-12-28-15-8-11-22-18-17(15)16(14-7-10-23-19(21)26(14)18)13-6-9-24-20(25-13)27-4-2/h6-11H,3-5,12H2,1-2H3,(H2,21,23). The van der Waals surface area contributed by atoms with E-state index in [2.05, 4.69) is 26.9 Å². The lowest BCUT2D eigenvalue weighted by atomic mass is 10.1. The van der Waals surface area contributed by atoms with Gasteiger partial charge in [0.05, 0.1) is 29.8 Å². The molecule has 0 radical (unpaired) electrons. The number of fused-ring (bicyclic) bond motifs is 3. The summed E-state index contributed by atoms with van der Waals surface area (Å²) in [6, 6.07) is 5.93. The van der Waals surface area contributed by atoms with Gasteiger partial charge in [-0.05, 0) is 31.5 Å². The normalized spacial score (nSPS) is 11.2. The third kappa shape index (κ3) is 3.06. The van der Waals surface area contributed by atoms with Gasteiger partial charge in [-0.15, -0.1) is 0 Å². The number of ether oxygens (including phenoxy) is 2. The van der Waals surface area contributed by atoms with E-state index >= 15 is 0 Å². The molecule has 0 aliphatic rings. The molecule has 0 aromatic carbocycles. The molecule has 0 amide bonds. The number of aromatic nitrogens is 5. The molecule has 2 N–H and O–H groups in total. The summed E-state index contributed by atoms with van der Waals surface area (Å²) < 4.78 is 13.4. The van der Waals surface area contributed by atoms with Crippen LogP contribution in [0.3, 0.4) is 0 Å². The Hall–Kier alpha value is -3.42. The highest BCUT2D eigenvalue weighted by Gasteiger charge is 2.21. The van der Waals surface area contributed by atoms with E-state index in [1.807, 2.05) is 29.5 Å². The van der Waals surface area contributed by atoms with Crippen molar-refractivity contribution in [3.63, 3.8) is 0 Å². The van der Waals surface area contributed by atoms with E-state index in [1.54, 1.807) is 18.6 Å². The number of pyridine rings is 1. The summed E-state index contributed by atoms with van der Waals surface area (Å²) in [4.78, 5) is 17.5.